The molecule has 0 atom stereocenters. The first-order chi connectivity index (χ1) is 6.59. The molecule has 0 bridgehead atoms. The lowest BCUT2D eigenvalue weighted by Gasteiger charge is -2.12. The summed E-state index contributed by atoms with van der Waals surface area (Å²) in [6, 6.07) is 5.17. The molecule has 2 N–H and O–H groups in total. The van der Waals surface area contributed by atoms with Crippen molar-refractivity contribution in [2.75, 3.05) is 6.61 Å². The van der Waals surface area contributed by atoms with Gasteiger partial charge in [-0.2, -0.15) is 0 Å². The molecular formula is C10H12Cl3NO. The van der Waals surface area contributed by atoms with Gasteiger partial charge in [0.05, 0.1) is 10.6 Å². The Morgan fingerprint density at radius 3 is 2.53 bits per heavy atom. The van der Waals surface area contributed by atoms with Gasteiger partial charge in [-0.1, -0.05) is 23.2 Å². The Balaban J connectivity index is 0.00000112. The molecule has 15 heavy (non-hydrogen) atoms. The molecule has 0 saturated heterocycles. The van der Waals surface area contributed by atoms with Gasteiger partial charge in [0.25, 0.3) is 0 Å². The van der Waals surface area contributed by atoms with Crippen LogP contribution in [0.15, 0.2) is 18.2 Å². The van der Waals surface area contributed by atoms with Crippen LogP contribution in [0.25, 0.3) is 0 Å². The molecule has 1 fully saturated rings. The van der Waals surface area contributed by atoms with E-state index in [9.17, 15) is 0 Å². The third kappa shape index (κ3) is 3.42. The number of halogens is 3. The molecule has 0 aromatic heterocycles. The maximum Gasteiger partial charge on any atom is 0.138 e. The highest BCUT2D eigenvalue weighted by molar-refractivity contribution is 6.35. The van der Waals surface area contributed by atoms with Crippen molar-refractivity contribution in [1.29, 1.82) is 0 Å². The Labute approximate surface area is 105 Å². The van der Waals surface area contributed by atoms with Gasteiger partial charge in [0.1, 0.15) is 12.4 Å². The highest BCUT2D eigenvalue weighted by Crippen LogP contribution is 2.34. The van der Waals surface area contributed by atoms with Crippen LogP contribution in [0.3, 0.4) is 0 Å². The first kappa shape index (κ1) is 12.9. The van der Waals surface area contributed by atoms with Crippen LogP contribution in [-0.2, 0) is 0 Å². The Morgan fingerprint density at radius 1 is 1.33 bits per heavy atom. The van der Waals surface area contributed by atoms with Crippen LogP contribution in [0, 0.1) is 0 Å². The van der Waals surface area contributed by atoms with Crippen molar-refractivity contribution in [2.45, 2.75) is 18.4 Å². The third-order valence-corrected chi connectivity index (χ3v) is 2.83. The first-order valence-corrected chi connectivity index (χ1v) is 5.21. The van der Waals surface area contributed by atoms with Crippen molar-refractivity contribution in [3.63, 3.8) is 0 Å². The monoisotopic (exact) mass is 267 g/mol. The van der Waals surface area contributed by atoms with Gasteiger partial charge in [0, 0.05) is 5.02 Å². The summed E-state index contributed by atoms with van der Waals surface area (Å²) in [7, 11) is 0. The van der Waals surface area contributed by atoms with E-state index >= 15 is 0 Å². The number of ether oxygens (including phenoxy) is 1. The fraction of sp³-hybridized carbons (Fsp3) is 0.400. The summed E-state index contributed by atoms with van der Waals surface area (Å²) in [6.07, 6.45) is 2.05. The molecule has 0 radical (unpaired) electrons. The fourth-order valence-electron chi connectivity index (χ4n) is 1.12. The average molecular weight is 269 g/mol. The van der Waals surface area contributed by atoms with Gasteiger partial charge in [-0.15, -0.1) is 12.4 Å². The molecule has 5 heteroatoms. The number of hydrogen-bond donors (Lipinski definition) is 1. The van der Waals surface area contributed by atoms with E-state index in [4.69, 9.17) is 33.7 Å². The Hall–Kier alpha value is -0.150. The molecule has 2 rings (SSSR count). The maximum absolute atomic E-state index is 5.93. The molecule has 0 aliphatic heterocycles. The molecule has 1 aliphatic rings. The third-order valence-electron chi connectivity index (χ3n) is 2.30. The summed E-state index contributed by atoms with van der Waals surface area (Å²) >= 11 is 11.7. The maximum atomic E-state index is 5.93. The molecule has 0 unspecified atom stereocenters. The lowest BCUT2D eigenvalue weighted by Crippen LogP contribution is -2.29. The van der Waals surface area contributed by atoms with E-state index in [-0.39, 0.29) is 17.9 Å². The highest BCUT2D eigenvalue weighted by atomic mass is 35.5. The molecule has 1 aromatic rings. The lowest BCUT2D eigenvalue weighted by molar-refractivity contribution is 0.279. The van der Waals surface area contributed by atoms with Gasteiger partial charge in [0.2, 0.25) is 0 Å². The summed E-state index contributed by atoms with van der Waals surface area (Å²) in [4.78, 5) is 0. The summed E-state index contributed by atoms with van der Waals surface area (Å²) in [5.74, 6) is 0.646. The smallest absolute Gasteiger partial charge is 0.138 e. The zero-order valence-corrected chi connectivity index (χ0v) is 10.3. The van der Waals surface area contributed by atoms with Gasteiger partial charge in [-0.3, -0.25) is 0 Å². The second-order valence-electron chi connectivity index (χ2n) is 3.73. The fourth-order valence-corrected chi connectivity index (χ4v) is 1.58. The van der Waals surface area contributed by atoms with E-state index in [0.717, 1.165) is 12.8 Å². The van der Waals surface area contributed by atoms with Gasteiger partial charge in [-0.25, -0.2) is 0 Å². The van der Waals surface area contributed by atoms with Crippen LogP contribution in [0.1, 0.15) is 12.8 Å². The number of nitrogens with two attached hydrogens (primary N) is 1. The average Bonchev–Trinajstić information content (AvgIpc) is 2.83. The minimum absolute atomic E-state index is 0. The minimum atomic E-state index is -0.122. The summed E-state index contributed by atoms with van der Waals surface area (Å²) in [6.45, 7) is 0.522. The SMILES string of the molecule is Cl.NC1(COc2ccc(Cl)cc2Cl)CC1. The molecule has 1 aromatic carbocycles. The molecule has 0 amide bonds. The molecule has 2 nitrogen and oxygen atoms in total. The Bertz CT molecular complexity index is 353. The van der Waals surface area contributed by atoms with Gasteiger partial charge in [-0.05, 0) is 31.0 Å². The topological polar surface area (TPSA) is 35.2 Å². The number of benzene rings is 1. The molecule has 0 heterocycles. The number of hydrogen-bond acceptors (Lipinski definition) is 2. The lowest BCUT2D eigenvalue weighted by atomic mass is 10.3. The second kappa shape index (κ2) is 4.79. The quantitative estimate of drug-likeness (QED) is 0.913. The minimum Gasteiger partial charge on any atom is -0.490 e. The molecule has 1 aliphatic carbocycles. The zero-order chi connectivity index (χ0) is 10.2. The van der Waals surface area contributed by atoms with E-state index in [0.29, 0.717) is 22.4 Å². The highest BCUT2D eigenvalue weighted by Gasteiger charge is 2.39. The van der Waals surface area contributed by atoms with Crippen LogP contribution >= 0.6 is 35.6 Å². The summed E-state index contributed by atoms with van der Waals surface area (Å²) < 4.78 is 5.50. The van der Waals surface area contributed by atoms with E-state index in [1.165, 1.54) is 0 Å². The van der Waals surface area contributed by atoms with Crippen molar-refractivity contribution in [3.8, 4) is 5.75 Å². The van der Waals surface area contributed by atoms with Crippen LogP contribution in [0.2, 0.25) is 10.0 Å². The van der Waals surface area contributed by atoms with Crippen LogP contribution in [0.4, 0.5) is 0 Å². The van der Waals surface area contributed by atoms with Crippen molar-refractivity contribution in [1.82, 2.24) is 0 Å². The summed E-state index contributed by atoms with van der Waals surface area (Å²) in [5, 5.41) is 1.14. The van der Waals surface area contributed by atoms with Gasteiger partial charge in [0.15, 0.2) is 0 Å². The van der Waals surface area contributed by atoms with Crippen LogP contribution in [-0.4, -0.2) is 12.1 Å². The largest absolute Gasteiger partial charge is 0.490 e. The first-order valence-electron chi connectivity index (χ1n) is 4.46. The van der Waals surface area contributed by atoms with Gasteiger partial charge >= 0.3 is 0 Å². The van der Waals surface area contributed by atoms with E-state index in [1.807, 2.05) is 0 Å². The van der Waals surface area contributed by atoms with Crippen LogP contribution in [0.5, 0.6) is 5.75 Å². The summed E-state index contributed by atoms with van der Waals surface area (Å²) in [5.41, 5.74) is 5.76. The van der Waals surface area contributed by atoms with Crippen molar-refractivity contribution < 1.29 is 4.74 Å². The van der Waals surface area contributed by atoms with Crippen LogP contribution < -0.4 is 10.5 Å². The number of rotatable bonds is 3. The van der Waals surface area contributed by atoms with Crippen molar-refractivity contribution in [3.05, 3.63) is 28.2 Å². The zero-order valence-electron chi connectivity index (χ0n) is 8.00. The molecule has 1 saturated carbocycles. The molecule has 84 valence electrons. The van der Waals surface area contributed by atoms with Gasteiger partial charge < -0.3 is 10.5 Å². The van der Waals surface area contributed by atoms with E-state index < -0.39 is 0 Å². The second-order valence-corrected chi connectivity index (χ2v) is 4.57. The Kier molecular flexibility index (Phi) is 4.13. The molecule has 0 spiro atoms. The standard InChI is InChI=1S/C10H11Cl2NO.ClH/c11-7-1-2-9(8(12)5-7)14-6-10(13)3-4-10;/h1-2,5H,3-4,6,13H2;1H. The predicted octanol–water partition coefficient (Wildman–Crippen LogP) is 3.29. The predicted molar refractivity (Wildman–Crippen MR) is 65.4 cm³/mol. The van der Waals surface area contributed by atoms with Crippen molar-refractivity contribution in [2.24, 2.45) is 5.73 Å². The molecular weight excluding hydrogens is 256 g/mol. The Morgan fingerprint density at radius 2 is 2.00 bits per heavy atom. The van der Waals surface area contributed by atoms with E-state index in [2.05, 4.69) is 0 Å². The normalized spacial score (nSPS) is 16.7. The van der Waals surface area contributed by atoms with Crippen molar-refractivity contribution >= 4 is 35.6 Å². The van der Waals surface area contributed by atoms with E-state index in [1.54, 1.807) is 18.2 Å².